The zero-order chi connectivity index (χ0) is 17.5. The molecule has 6 nitrogen and oxygen atoms in total. The van der Waals surface area contributed by atoms with Gasteiger partial charge in [0.2, 0.25) is 5.91 Å². The first-order chi connectivity index (χ1) is 12.8. The van der Waals surface area contributed by atoms with Crippen molar-refractivity contribution in [2.24, 2.45) is 0 Å². The van der Waals surface area contributed by atoms with Crippen LogP contribution in [-0.2, 0) is 4.79 Å². The van der Waals surface area contributed by atoms with Gasteiger partial charge in [-0.05, 0) is 48.9 Å². The molecule has 0 saturated carbocycles. The molecule has 1 aliphatic rings. The molecule has 6 heteroatoms. The molecule has 1 aliphatic heterocycles. The summed E-state index contributed by atoms with van der Waals surface area (Å²) >= 11 is 0. The highest BCUT2D eigenvalue weighted by atomic mass is 16.2. The van der Waals surface area contributed by atoms with Gasteiger partial charge in [-0.3, -0.25) is 4.79 Å². The third-order valence-electron chi connectivity index (χ3n) is 4.82. The van der Waals surface area contributed by atoms with Crippen LogP contribution in [0.3, 0.4) is 0 Å². The Hall–Kier alpha value is -3.41. The lowest BCUT2D eigenvalue weighted by Crippen LogP contribution is -2.23. The minimum atomic E-state index is 0.175. The molecule has 0 spiro atoms. The van der Waals surface area contributed by atoms with E-state index >= 15 is 0 Å². The van der Waals surface area contributed by atoms with E-state index in [4.69, 9.17) is 0 Å². The minimum absolute atomic E-state index is 0.175. The van der Waals surface area contributed by atoms with Crippen LogP contribution in [0.15, 0.2) is 55.0 Å². The molecule has 1 saturated heterocycles. The van der Waals surface area contributed by atoms with Crippen LogP contribution < -0.4 is 10.2 Å². The van der Waals surface area contributed by atoms with Crippen molar-refractivity contribution in [1.29, 1.82) is 0 Å². The standard InChI is InChI=1S/C20H17N5O/c26-19-2-1-9-25(19)15-4-6-18-16(11-15)20(23-12-22-18)24-14-3-5-17-13(10-14)7-8-21-17/h3-8,10-12,21H,1-2,9H2,(H,22,23,24). The summed E-state index contributed by atoms with van der Waals surface area (Å²) in [5.74, 6) is 0.909. The van der Waals surface area contributed by atoms with Gasteiger partial charge in [0.25, 0.3) is 0 Å². The maximum atomic E-state index is 12.1. The third-order valence-corrected chi connectivity index (χ3v) is 4.82. The van der Waals surface area contributed by atoms with Crippen molar-refractivity contribution < 1.29 is 4.79 Å². The van der Waals surface area contributed by atoms with Crippen molar-refractivity contribution >= 4 is 44.9 Å². The largest absolute Gasteiger partial charge is 0.361 e. The van der Waals surface area contributed by atoms with Gasteiger partial charge >= 0.3 is 0 Å². The van der Waals surface area contributed by atoms with E-state index in [1.165, 1.54) is 0 Å². The highest BCUT2D eigenvalue weighted by molar-refractivity contribution is 6.00. The van der Waals surface area contributed by atoms with E-state index in [1.54, 1.807) is 6.33 Å². The van der Waals surface area contributed by atoms with Crippen LogP contribution in [0.5, 0.6) is 0 Å². The molecule has 3 heterocycles. The number of fused-ring (bicyclic) bond motifs is 2. The number of aromatic amines is 1. The average molecular weight is 343 g/mol. The molecule has 1 fully saturated rings. The number of amides is 1. The minimum Gasteiger partial charge on any atom is -0.361 e. The highest BCUT2D eigenvalue weighted by Gasteiger charge is 2.22. The molecule has 1 amide bonds. The molecule has 0 atom stereocenters. The first kappa shape index (κ1) is 14.9. The number of rotatable bonds is 3. The second-order valence-electron chi connectivity index (χ2n) is 6.48. The molecule has 0 bridgehead atoms. The quantitative estimate of drug-likeness (QED) is 0.590. The van der Waals surface area contributed by atoms with Gasteiger partial charge in [0, 0.05) is 46.8 Å². The van der Waals surface area contributed by atoms with E-state index in [1.807, 2.05) is 47.5 Å². The summed E-state index contributed by atoms with van der Waals surface area (Å²) in [5.41, 5.74) is 3.80. The van der Waals surface area contributed by atoms with Crippen LogP contribution in [0, 0.1) is 0 Å². The lowest BCUT2D eigenvalue weighted by molar-refractivity contribution is -0.117. The number of aromatic nitrogens is 3. The van der Waals surface area contributed by atoms with E-state index in [0.29, 0.717) is 6.42 Å². The Bertz CT molecular complexity index is 1130. The number of benzene rings is 2. The molecule has 4 aromatic rings. The summed E-state index contributed by atoms with van der Waals surface area (Å²) in [5, 5.41) is 5.43. The monoisotopic (exact) mass is 343 g/mol. The summed E-state index contributed by atoms with van der Waals surface area (Å²) in [6.07, 6.45) is 5.00. The van der Waals surface area contributed by atoms with Gasteiger partial charge < -0.3 is 15.2 Å². The first-order valence-corrected chi connectivity index (χ1v) is 8.67. The van der Waals surface area contributed by atoms with Gasteiger partial charge in [0.1, 0.15) is 12.1 Å². The number of nitrogens with zero attached hydrogens (tertiary/aromatic N) is 3. The summed E-state index contributed by atoms with van der Waals surface area (Å²) in [7, 11) is 0. The Kier molecular flexibility index (Phi) is 3.35. The van der Waals surface area contributed by atoms with E-state index < -0.39 is 0 Å². The lowest BCUT2D eigenvalue weighted by Gasteiger charge is -2.17. The number of nitrogens with one attached hydrogen (secondary N) is 2. The van der Waals surface area contributed by atoms with Crippen LogP contribution in [0.4, 0.5) is 17.2 Å². The summed E-state index contributed by atoms with van der Waals surface area (Å²) < 4.78 is 0. The topological polar surface area (TPSA) is 73.9 Å². The molecule has 5 rings (SSSR count). The summed E-state index contributed by atoms with van der Waals surface area (Å²) in [6, 6.07) is 14.1. The molecule has 2 aromatic carbocycles. The molecule has 0 radical (unpaired) electrons. The fourth-order valence-corrected chi connectivity index (χ4v) is 3.50. The molecule has 0 unspecified atom stereocenters. The average Bonchev–Trinajstić information content (AvgIpc) is 3.30. The van der Waals surface area contributed by atoms with Crippen molar-refractivity contribution in [3.8, 4) is 0 Å². The Morgan fingerprint density at radius 2 is 2.04 bits per heavy atom. The van der Waals surface area contributed by atoms with Crippen LogP contribution in [-0.4, -0.2) is 27.4 Å². The Labute approximate surface area is 149 Å². The fourth-order valence-electron chi connectivity index (χ4n) is 3.50. The number of carbonyl (C=O) groups is 1. The number of carbonyl (C=O) groups excluding carboxylic acids is 1. The van der Waals surface area contributed by atoms with Gasteiger partial charge in [-0.2, -0.15) is 0 Å². The van der Waals surface area contributed by atoms with Gasteiger partial charge in [-0.15, -0.1) is 0 Å². The summed E-state index contributed by atoms with van der Waals surface area (Å²) in [4.78, 5) is 25.9. The smallest absolute Gasteiger partial charge is 0.227 e. The normalized spacial score (nSPS) is 14.5. The van der Waals surface area contributed by atoms with E-state index in [0.717, 1.165) is 52.0 Å². The number of H-pyrrole nitrogens is 1. The Morgan fingerprint density at radius 3 is 2.92 bits per heavy atom. The highest BCUT2D eigenvalue weighted by Crippen LogP contribution is 2.30. The van der Waals surface area contributed by atoms with E-state index in [2.05, 4.69) is 26.3 Å². The van der Waals surface area contributed by atoms with Gasteiger partial charge in [-0.1, -0.05) is 0 Å². The molecule has 128 valence electrons. The van der Waals surface area contributed by atoms with Crippen molar-refractivity contribution in [3.05, 3.63) is 55.0 Å². The molecular formula is C20H17N5O. The molecule has 0 aliphatic carbocycles. The number of hydrogen-bond donors (Lipinski definition) is 2. The van der Waals surface area contributed by atoms with Crippen molar-refractivity contribution in [3.63, 3.8) is 0 Å². The molecular weight excluding hydrogens is 326 g/mol. The predicted octanol–water partition coefficient (Wildman–Crippen LogP) is 3.98. The summed E-state index contributed by atoms with van der Waals surface area (Å²) in [6.45, 7) is 0.769. The second kappa shape index (κ2) is 5.84. The van der Waals surface area contributed by atoms with Crippen LogP contribution in [0.25, 0.3) is 21.8 Å². The van der Waals surface area contributed by atoms with Gasteiger partial charge in [0.15, 0.2) is 0 Å². The number of anilines is 3. The predicted molar refractivity (Wildman–Crippen MR) is 103 cm³/mol. The van der Waals surface area contributed by atoms with Crippen molar-refractivity contribution in [2.75, 3.05) is 16.8 Å². The molecule has 26 heavy (non-hydrogen) atoms. The molecule has 2 N–H and O–H groups in total. The van der Waals surface area contributed by atoms with Crippen LogP contribution in [0.2, 0.25) is 0 Å². The van der Waals surface area contributed by atoms with Crippen LogP contribution in [0.1, 0.15) is 12.8 Å². The lowest BCUT2D eigenvalue weighted by atomic mass is 10.2. The maximum Gasteiger partial charge on any atom is 0.227 e. The third kappa shape index (κ3) is 2.47. The molecule has 2 aromatic heterocycles. The fraction of sp³-hybridized carbons (Fsp3) is 0.150. The zero-order valence-electron chi connectivity index (χ0n) is 14.1. The Balaban J connectivity index is 1.56. The van der Waals surface area contributed by atoms with Crippen molar-refractivity contribution in [1.82, 2.24) is 15.0 Å². The van der Waals surface area contributed by atoms with E-state index in [9.17, 15) is 4.79 Å². The maximum absolute atomic E-state index is 12.1. The van der Waals surface area contributed by atoms with Gasteiger partial charge in [-0.25, -0.2) is 9.97 Å². The van der Waals surface area contributed by atoms with Crippen LogP contribution >= 0.6 is 0 Å². The van der Waals surface area contributed by atoms with E-state index in [-0.39, 0.29) is 5.91 Å². The first-order valence-electron chi connectivity index (χ1n) is 8.67. The second-order valence-corrected chi connectivity index (χ2v) is 6.48. The zero-order valence-corrected chi connectivity index (χ0v) is 14.1. The van der Waals surface area contributed by atoms with Gasteiger partial charge in [0.05, 0.1) is 5.52 Å². The van der Waals surface area contributed by atoms with Crippen molar-refractivity contribution in [2.45, 2.75) is 12.8 Å². The Morgan fingerprint density at radius 1 is 1.08 bits per heavy atom. The number of hydrogen-bond acceptors (Lipinski definition) is 4. The SMILES string of the molecule is O=C1CCCN1c1ccc2ncnc(Nc3ccc4[nH]ccc4c3)c2c1.